The van der Waals surface area contributed by atoms with Gasteiger partial charge in [0.2, 0.25) is 0 Å². The molecule has 3 nitrogen and oxygen atoms in total. The molecular weight excluding hydrogens is 148 g/mol. The van der Waals surface area contributed by atoms with Crippen LogP contribution in [0, 0.1) is 0 Å². The van der Waals surface area contributed by atoms with Gasteiger partial charge in [-0.25, -0.2) is 0 Å². The Hall–Kier alpha value is 0.647. The molecule has 0 spiro atoms. The summed E-state index contributed by atoms with van der Waals surface area (Å²) in [5.41, 5.74) is 0. The number of hydrogen-bond acceptors (Lipinski definition) is 3. The summed E-state index contributed by atoms with van der Waals surface area (Å²) in [6, 6.07) is 0. The maximum absolute atomic E-state index is 8.50. The van der Waals surface area contributed by atoms with E-state index in [9.17, 15) is 0 Å². The fourth-order valence-corrected chi connectivity index (χ4v) is 0. The van der Waals surface area contributed by atoms with Gasteiger partial charge in [-0.1, -0.05) is 0 Å². The Labute approximate surface area is 46.0 Å². The van der Waals surface area contributed by atoms with E-state index in [-0.39, 0.29) is 0 Å². The molecule has 0 rings (SSSR count). The van der Waals surface area contributed by atoms with E-state index >= 15 is 0 Å². The van der Waals surface area contributed by atoms with Crippen molar-refractivity contribution >= 4 is 0 Å². The molecule has 5 heavy (non-hydrogen) atoms. The van der Waals surface area contributed by atoms with Gasteiger partial charge in [-0.3, -0.25) is 0 Å². The molecule has 0 heterocycles. The van der Waals surface area contributed by atoms with Gasteiger partial charge >= 0.3 is 45.8 Å². The summed E-state index contributed by atoms with van der Waals surface area (Å²) >= 11 is -0.625. The zero-order valence-electron chi connectivity index (χ0n) is 2.13. The van der Waals surface area contributed by atoms with E-state index in [0.717, 1.165) is 0 Å². The Kier molecular flexibility index (Phi) is 41.8. The molecule has 0 aromatic rings. The van der Waals surface area contributed by atoms with Gasteiger partial charge in [0.05, 0.1) is 0 Å². The predicted molar refractivity (Wildman–Crippen MR) is 2.06 cm³/mol. The summed E-state index contributed by atoms with van der Waals surface area (Å²) in [6.07, 6.45) is 0. The summed E-state index contributed by atoms with van der Waals surface area (Å²) in [5.74, 6) is 0. The topological polar surface area (TPSA) is 51.2 Å². The van der Waals surface area contributed by atoms with Crippen LogP contribution in [0.1, 0.15) is 0 Å². The van der Waals surface area contributed by atoms with Gasteiger partial charge in [0, 0.05) is 0 Å². The molecule has 0 aromatic carbocycles. The third-order valence-electron chi connectivity index (χ3n) is 0. The fraction of sp³-hybridized carbons (Fsp3) is 0. The SMILES string of the molecule is [O]=[Cr].[O]=[Ti]=[O]. The van der Waals surface area contributed by atoms with Crippen LogP contribution in [0.2, 0.25) is 0 Å². The monoisotopic (exact) mass is 148 g/mol. The summed E-state index contributed by atoms with van der Waals surface area (Å²) < 4.78 is 25.1. The third-order valence-corrected chi connectivity index (χ3v) is 0. The molecule has 5 heteroatoms. The summed E-state index contributed by atoms with van der Waals surface area (Å²) in [6.45, 7) is 0. The van der Waals surface area contributed by atoms with Crippen LogP contribution in [0.15, 0.2) is 0 Å². The van der Waals surface area contributed by atoms with E-state index in [2.05, 4.69) is 0 Å². The van der Waals surface area contributed by atoms with Crippen LogP contribution in [0.25, 0.3) is 0 Å². The van der Waals surface area contributed by atoms with Gasteiger partial charge in [0.25, 0.3) is 0 Å². The van der Waals surface area contributed by atoms with Crippen molar-refractivity contribution in [2.24, 2.45) is 0 Å². The second-order valence-electron chi connectivity index (χ2n) is 0.0833. The second-order valence-corrected chi connectivity index (χ2v) is 0.344. The Balaban J connectivity index is 0. The molecule has 0 bridgehead atoms. The average Bonchev–Trinajstić information content (AvgIpc) is 1.46. The fourth-order valence-electron chi connectivity index (χ4n) is 0. The predicted octanol–water partition coefficient (Wildman–Crippen LogP) is -0.361. The van der Waals surface area contributed by atoms with Crippen molar-refractivity contribution in [3.63, 3.8) is 0 Å². The molecule has 0 aliphatic heterocycles. The van der Waals surface area contributed by atoms with Gasteiger partial charge in [0.15, 0.2) is 0 Å². The van der Waals surface area contributed by atoms with Crippen molar-refractivity contribution in [3.8, 4) is 0 Å². The molecule has 0 fully saturated rings. The molecule has 0 unspecified atom stereocenters. The van der Waals surface area contributed by atoms with Crippen molar-refractivity contribution in [2.75, 3.05) is 0 Å². The van der Waals surface area contributed by atoms with E-state index in [1.807, 2.05) is 0 Å². The second kappa shape index (κ2) is 22.8. The zero-order chi connectivity index (χ0) is 4.71. The minimum atomic E-state index is -2.00. The molecule has 0 aliphatic rings. The zero-order valence-corrected chi connectivity index (χ0v) is 4.97. The maximum atomic E-state index is 8.50. The number of rotatable bonds is 0. The van der Waals surface area contributed by atoms with E-state index in [0.29, 0.717) is 0 Å². The molecule has 0 saturated carbocycles. The van der Waals surface area contributed by atoms with Crippen molar-refractivity contribution in [1.82, 2.24) is 0 Å². The first kappa shape index (κ1) is 9.17. The first-order valence-electron chi connectivity index (χ1n) is 0.575. The first-order valence-corrected chi connectivity index (χ1v) is 2.37. The van der Waals surface area contributed by atoms with E-state index < -0.39 is 19.1 Å². The quantitative estimate of drug-likeness (QED) is 0.440. The van der Waals surface area contributed by atoms with Crippen LogP contribution in [0.5, 0.6) is 0 Å². The standard InChI is InChI=1S/Cr.3O.Ti. The van der Waals surface area contributed by atoms with Gasteiger partial charge in [0.1, 0.15) is 0 Å². The van der Waals surface area contributed by atoms with E-state index in [1.165, 1.54) is 16.2 Å². The normalized spacial score (nSPS) is 2.40. The van der Waals surface area contributed by atoms with E-state index in [4.69, 9.17) is 10.5 Å². The first-order chi connectivity index (χ1) is 2.41. The van der Waals surface area contributed by atoms with Gasteiger partial charge in [-0.15, -0.1) is 0 Å². The van der Waals surface area contributed by atoms with Crippen LogP contribution in [-0.2, 0) is 45.8 Å². The molecule has 0 amide bonds. The minimum absolute atomic E-state index is 1.38. The summed E-state index contributed by atoms with van der Waals surface area (Å²) in [4.78, 5) is 0. The molecule has 28 valence electrons. The van der Waals surface area contributed by atoms with Gasteiger partial charge in [-0.05, 0) is 0 Å². The molecule has 0 N–H and O–H groups in total. The molecular formula is CrO3Ti. The van der Waals surface area contributed by atoms with Gasteiger partial charge in [-0.2, -0.15) is 0 Å². The van der Waals surface area contributed by atoms with Crippen LogP contribution in [0.4, 0.5) is 0 Å². The number of hydrogen-bond donors (Lipinski definition) is 0. The van der Waals surface area contributed by atoms with Crippen LogP contribution in [0.3, 0.4) is 0 Å². The molecule has 0 saturated heterocycles. The molecule has 0 atom stereocenters. The summed E-state index contributed by atoms with van der Waals surface area (Å²) in [5, 5.41) is 0. The van der Waals surface area contributed by atoms with E-state index in [1.54, 1.807) is 0 Å². The Bertz CT molecular complexity index is 36.2. The van der Waals surface area contributed by atoms with Crippen molar-refractivity contribution in [1.29, 1.82) is 0 Å². The van der Waals surface area contributed by atoms with Crippen LogP contribution in [-0.4, -0.2) is 0 Å². The van der Waals surface area contributed by atoms with Crippen LogP contribution >= 0.6 is 0 Å². The Morgan fingerprint density at radius 2 is 1.20 bits per heavy atom. The van der Waals surface area contributed by atoms with Crippen molar-refractivity contribution < 1.29 is 45.8 Å². The average molecular weight is 148 g/mol. The van der Waals surface area contributed by atoms with Crippen LogP contribution < -0.4 is 0 Å². The molecule has 0 radical (unpaired) electrons. The van der Waals surface area contributed by atoms with Crippen molar-refractivity contribution in [3.05, 3.63) is 0 Å². The molecule has 0 aromatic heterocycles. The van der Waals surface area contributed by atoms with Crippen molar-refractivity contribution in [2.45, 2.75) is 0 Å². The molecule has 0 aliphatic carbocycles. The van der Waals surface area contributed by atoms with Gasteiger partial charge < -0.3 is 0 Å². The Morgan fingerprint density at radius 1 is 1.20 bits per heavy atom. The third kappa shape index (κ3) is 77.8. The summed E-state index contributed by atoms with van der Waals surface area (Å²) in [7, 11) is 0. The Morgan fingerprint density at radius 3 is 1.20 bits per heavy atom.